The zero-order valence-electron chi connectivity index (χ0n) is 72.0. The number of hydrogen-bond acceptors (Lipinski definition) is 0. The molecule has 3 nitrogen and oxygen atoms in total. The highest BCUT2D eigenvalue weighted by Crippen LogP contribution is 2.47. The van der Waals surface area contributed by atoms with Gasteiger partial charge in [-0.2, -0.15) is 0 Å². The molecule has 0 aliphatic carbocycles. The predicted octanol–water partition coefficient (Wildman–Crippen LogP) is 36.6. The number of fused-ring (bicyclic) bond motifs is 9. The van der Waals surface area contributed by atoms with Crippen molar-refractivity contribution < 1.29 is 0 Å². The van der Waals surface area contributed by atoms with Crippen LogP contribution in [0.5, 0.6) is 0 Å². The van der Waals surface area contributed by atoms with E-state index in [4.69, 9.17) is 0 Å². The fourth-order valence-corrected chi connectivity index (χ4v) is 20.0. The minimum Gasteiger partial charge on any atom is -0.309 e. The highest BCUT2D eigenvalue weighted by molar-refractivity contribution is 9.11. The molecule has 3 heterocycles. The lowest BCUT2D eigenvalue weighted by molar-refractivity contribution is 1.18. The Morgan fingerprint density at radius 3 is 0.765 bits per heavy atom. The molecule has 0 radical (unpaired) electrons. The van der Waals surface area contributed by atoms with Crippen molar-refractivity contribution in [1.29, 1.82) is 0 Å². The summed E-state index contributed by atoms with van der Waals surface area (Å²) in [6.07, 6.45) is 0. The fraction of sp³-hybridized carbons (Fsp3) is 0. The number of rotatable bonds is 15. The van der Waals surface area contributed by atoms with E-state index in [0.717, 1.165) is 19.1 Å². The molecular weight excluding hydrogens is 1800 g/mol. The first kappa shape index (κ1) is 82.2. The van der Waals surface area contributed by atoms with Gasteiger partial charge in [0.2, 0.25) is 0 Å². The van der Waals surface area contributed by atoms with Crippen LogP contribution in [0.15, 0.2) is 523 Å². The smallest absolute Gasteiger partial charge is 0.0547 e. The van der Waals surface area contributed by atoms with Crippen LogP contribution in [0.25, 0.3) is 216 Å². The standard InChI is InChI=1S/3C42H28BrN/c43-34-23-19-31(20-24-34)35-15-7-8-16-36(35)33-21-25-38-37-17-9-10-18-40(37)44(42(38)28-33)41-26-22-32(29-11-3-1-4-12-29)27-39(41)30-13-5-2-6-14-30;43-34-23-19-31(20-24-34)35-15-7-8-16-36(35)33-22-26-39-38-17-9-10-18-40(38)44(42(39)28-33)41-27-32(29-11-3-1-4-12-29)21-25-37(41)30-13-5-2-6-14-30;43-33-22-19-31(20-23-33)35-15-7-8-16-36(35)32-21-25-39-38-17-9-10-18-41(38)44(42(39)27-32)34-24-26-37(29-11-3-1-4-12-29)40(28-34)30-13-5-2-6-14-30/h3*1-28H. The summed E-state index contributed by atoms with van der Waals surface area (Å²) < 4.78 is 10.6. The van der Waals surface area contributed by atoms with Crippen LogP contribution >= 0.6 is 47.8 Å². The third kappa shape index (κ3) is 16.1. The maximum atomic E-state index is 3.60. The predicted molar refractivity (Wildman–Crippen MR) is 571 cm³/mol. The number of nitrogens with zero attached hydrogens (tertiary/aromatic N) is 3. The van der Waals surface area contributed by atoms with Crippen LogP contribution in [-0.2, 0) is 0 Å². The van der Waals surface area contributed by atoms with E-state index in [9.17, 15) is 0 Å². The molecule has 21 aromatic carbocycles. The molecule has 0 saturated heterocycles. The van der Waals surface area contributed by atoms with Crippen LogP contribution in [0, 0.1) is 0 Å². The molecule has 6 heteroatoms. The zero-order valence-corrected chi connectivity index (χ0v) is 76.7. The molecular formula is C126H84Br3N3. The molecule has 3 aromatic heterocycles. The maximum Gasteiger partial charge on any atom is 0.0547 e. The summed E-state index contributed by atoms with van der Waals surface area (Å²) in [4.78, 5) is 0. The van der Waals surface area contributed by atoms with Gasteiger partial charge in [-0.05, 0) is 226 Å². The fourth-order valence-electron chi connectivity index (χ4n) is 19.2. The lowest BCUT2D eigenvalue weighted by Crippen LogP contribution is -1.98. The molecule has 0 N–H and O–H groups in total. The molecule has 0 unspecified atom stereocenters. The average Bonchev–Trinajstić information content (AvgIpc) is 1.59. The summed E-state index contributed by atoms with van der Waals surface area (Å²) in [6.45, 7) is 0. The van der Waals surface area contributed by atoms with Crippen molar-refractivity contribution in [2.45, 2.75) is 0 Å². The second-order valence-electron chi connectivity index (χ2n) is 33.3. The summed E-state index contributed by atoms with van der Waals surface area (Å²) in [6, 6.07) is 184. The monoisotopic (exact) mass is 1880 g/mol. The number of benzene rings is 21. The lowest BCUT2D eigenvalue weighted by atomic mass is 9.93. The van der Waals surface area contributed by atoms with Crippen molar-refractivity contribution in [2.75, 3.05) is 0 Å². The summed E-state index contributed by atoms with van der Waals surface area (Å²) in [5.41, 5.74) is 39.7. The second-order valence-corrected chi connectivity index (χ2v) is 36.0. The normalized spacial score (nSPS) is 11.3. The highest BCUT2D eigenvalue weighted by Gasteiger charge is 2.24. The zero-order chi connectivity index (χ0) is 88.4. The number of hydrogen-bond donors (Lipinski definition) is 0. The Kier molecular flexibility index (Phi) is 22.7. The van der Waals surface area contributed by atoms with E-state index in [0.29, 0.717) is 0 Å². The Bertz CT molecular complexity index is 8350. The first-order valence-electron chi connectivity index (χ1n) is 44.6. The minimum absolute atomic E-state index is 1.08. The van der Waals surface area contributed by atoms with E-state index in [-0.39, 0.29) is 0 Å². The molecule has 0 saturated carbocycles. The van der Waals surface area contributed by atoms with Gasteiger partial charge in [0.15, 0.2) is 0 Å². The molecule has 24 aromatic rings. The molecule has 24 rings (SSSR count). The third-order valence-electron chi connectivity index (χ3n) is 25.5. The lowest BCUT2D eigenvalue weighted by Gasteiger charge is -2.17. The molecule has 0 aliphatic rings. The molecule has 0 aliphatic heterocycles. The van der Waals surface area contributed by atoms with Gasteiger partial charge >= 0.3 is 0 Å². The van der Waals surface area contributed by atoms with Crippen molar-refractivity contribution in [1.82, 2.24) is 13.7 Å². The van der Waals surface area contributed by atoms with Gasteiger partial charge in [0.25, 0.3) is 0 Å². The number of halogens is 3. The van der Waals surface area contributed by atoms with Crippen LogP contribution in [0.1, 0.15) is 0 Å². The first-order chi connectivity index (χ1) is 65.2. The van der Waals surface area contributed by atoms with Gasteiger partial charge in [-0.15, -0.1) is 0 Å². The van der Waals surface area contributed by atoms with E-state index < -0.39 is 0 Å². The Labute approximate surface area is 793 Å². The molecule has 0 amide bonds. The van der Waals surface area contributed by atoms with Crippen LogP contribution in [0.4, 0.5) is 0 Å². The first-order valence-corrected chi connectivity index (χ1v) is 47.0. The van der Waals surface area contributed by atoms with Gasteiger partial charge in [0, 0.05) is 62.5 Å². The Balaban J connectivity index is 0.000000116. The topological polar surface area (TPSA) is 14.8 Å². The summed E-state index contributed by atoms with van der Waals surface area (Å²) >= 11 is 10.8. The maximum absolute atomic E-state index is 3.60. The second kappa shape index (κ2) is 36.5. The summed E-state index contributed by atoms with van der Waals surface area (Å²) in [5.74, 6) is 0. The highest BCUT2D eigenvalue weighted by atomic mass is 79.9. The van der Waals surface area contributed by atoms with Crippen molar-refractivity contribution in [2.24, 2.45) is 0 Å². The van der Waals surface area contributed by atoms with Gasteiger partial charge in [0.05, 0.1) is 44.5 Å². The number of aromatic nitrogens is 3. The summed E-state index contributed by atoms with van der Waals surface area (Å²) in [5, 5.41) is 7.49. The Hall–Kier alpha value is -15.5. The van der Waals surface area contributed by atoms with E-state index in [1.54, 1.807) is 0 Å². The van der Waals surface area contributed by atoms with Gasteiger partial charge in [-0.1, -0.05) is 454 Å². The minimum atomic E-state index is 1.08. The van der Waals surface area contributed by atoms with Crippen LogP contribution in [0.2, 0.25) is 0 Å². The Morgan fingerprint density at radius 1 is 0.121 bits per heavy atom. The van der Waals surface area contributed by atoms with Crippen LogP contribution < -0.4 is 0 Å². The summed E-state index contributed by atoms with van der Waals surface area (Å²) in [7, 11) is 0. The van der Waals surface area contributed by atoms with Crippen molar-refractivity contribution in [3.8, 4) is 151 Å². The van der Waals surface area contributed by atoms with Gasteiger partial charge in [-0.3, -0.25) is 0 Å². The SMILES string of the molecule is Brc1ccc(-c2ccccc2-c2ccc3c4ccccc4n(-c4cc(-c5ccccc5)ccc4-c4ccccc4)c3c2)cc1.Brc1ccc(-c2ccccc2-c2ccc3c4ccccc4n(-c4ccc(-c5ccccc5)c(-c5ccccc5)c4)c3c2)cc1.Brc1ccc(-c2ccccc2-c2ccc3c4ccccc4n(-c4ccc(-c5ccccc5)cc4-c4ccccc4)c3c2)cc1. The number of para-hydroxylation sites is 3. The van der Waals surface area contributed by atoms with Crippen molar-refractivity contribution >= 4 is 113 Å². The third-order valence-corrected chi connectivity index (χ3v) is 27.1. The quantitative estimate of drug-likeness (QED) is 0.0972. The van der Waals surface area contributed by atoms with Crippen LogP contribution in [0.3, 0.4) is 0 Å². The molecule has 132 heavy (non-hydrogen) atoms. The van der Waals surface area contributed by atoms with Gasteiger partial charge in [-0.25, -0.2) is 0 Å². The molecule has 0 spiro atoms. The average molecular weight is 1880 g/mol. The van der Waals surface area contributed by atoms with Crippen molar-refractivity contribution in [3.05, 3.63) is 523 Å². The van der Waals surface area contributed by atoms with Crippen molar-refractivity contribution in [3.63, 3.8) is 0 Å². The van der Waals surface area contributed by atoms with E-state index in [1.807, 2.05) is 0 Å². The largest absolute Gasteiger partial charge is 0.309 e. The molecule has 0 fully saturated rings. The molecule has 0 bridgehead atoms. The van der Waals surface area contributed by atoms with E-state index >= 15 is 0 Å². The van der Waals surface area contributed by atoms with Crippen LogP contribution in [-0.4, -0.2) is 13.7 Å². The molecule has 624 valence electrons. The van der Waals surface area contributed by atoms with Gasteiger partial charge < -0.3 is 13.7 Å². The van der Waals surface area contributed by atoms with E-state index in [1.165, 1.54) is 210 Å². The Morgan fingerprint density at radius 2 is 0.371 bits per heavy atom. The van der Waals surface area contributed by atoms with Gasteiger partial charge in [0.1, 0.15) is 0 Å². The van der Waals surface area contributed by atoms with E-state index in [2.05, 4.69) is 571 Å². The molecule has 0 atom stereocenters.